The summed E-state index contributed by atoms with van der Waals surface area (Å²) < 4.78 is 39.5. The normalized spacial score (nSPS) is 11.3. The van der Waals surface area contributed by atoms with E-state index in [1.54, 1.807) is 0 Å². The van der Waals surface area contributed by atoms with Gasteiger partial charge in [0, 0.05) is 19.6 Å². The van der Waals surface area contributed by atoms with Crippen LogP contribution in [0.4, 0.5) is 4.39 Å². The Morgan fingerprint density at radius 1 is 0.917 bits per heavy atom. The largest absolute Gasteiger partial charge is 0.329 e. The van der Waals surface area contributed by atoms with Crippen molar-refractivity contribution in [3.63, 3.8) is 0 Å². The van der Waals surface area contributed by atoms with Crippen molar-refractivity contribution in [1.29, 1.82) is 0 Å². The molecule has 2 aromatic carbocycles. The Balaban J connectivity index is 0.00000288. The van der Waals surface area contributed by atoms with Gasteiger partial charge in [-0.3, -0.25) is 0 Å². The smallest absolute Gasteiger partial charge is 0.218 e. The standard InChI is InChI=1S/C17H21FN2O2S.ClH/c18-17-8-6-16(7-9-17)14-23(21,22)20(13-11-19)12-10-15-4-2-1-3-5-15;/h1-9H,10-14,19H2;1H. The van der Waals surface area contributed by atoms with Crippen LogP contribution < -0.4 is 5.73 Å². The lowest BCUT2D eigenvalue weighted by atomic mass is 10.1. The van der Waals surface area contributed by atoms with E-state index in [-0.39, 0.29) is 37.1 Å². The molecule has 0 fully saturated rings. The Labute approximate surface area is 148 Å². The molecule has 132 valence electrons. The fourth-order valence-corrected chi connectivity index (χ4v) is 3.86. The second kappa shape index (κ2) is 9.74. The molecule has 0 heterocycles. The zero-order valence-electron chi connectivity index (χ0n) is 13.3. The minimum atomic E-state index is -3.49. The SMILES string of the molecule is Cl.NCCN(CCc1ccccc1)S(=O)(=O)Cc1ccc(F)cc1. The van der Waals surface area contributed by atoms with Crippen LogP contribution in [-0.4, -0.2) is 32.4 Å². The van der Waals surface area contributed by atoms with Crippen LogP contribution >= 0.6 is 12.4 Å². The molecule has 0 saturated carbocycles. The maximum atomic E-state index is 12.9. The summed E-state index contributed by atoms with van der Waals surface area (Å²) >= 11 is 0. The zero-order chi connectivity index (χ0) is 16.7. The van der Waals surface area contributed by atoms with Gasteiger partial charge in [0.25, 0.3) is 0 Å². The number of rotatable bonds is 8. The lowest BCUT2D eigenvalue weighted by Crippen LogP contribution is -2.37. The number of sulfonamides is 1. The molecule has 0 spiro atoms. The maximum Gasteiger partial charge on any atom is 0.218 e. The third-order valence-corrected chi connectivity index (χ3v) is 5.38. The molecule has 4 nitrogen and oxygen atoms in total. The number of hydrogen-bond acceptors (Lipinski definition) is 3. The van der Waals surface area contributed by atoms with Crippen LogP contribution in [0.1, 0.15) is 11.1 Å². The molecular formula is C17H22ClFN2O2S. The summed E-state index contributed by atoms with van der Waals surface area (Å²) in [6, 6.07) is 15.2. The van der Waals surface area contributed by atoms with Crippen molar-refractivity contribution in [2.24, 2.45) is 5.73 Å². The van der Waals surface area contributed by atoms with Crippen molar-refractivity contribution in [1.82, 2.24) is 4.31 Å². The van der Waals surface area contributed by atoms with Gasteiger partial charge in [0.05, 0.1) is 5.75 Å². The van der Waals surface area contributed by atoms with Gasteiger partial charge in [0.2, 0.25) is 10.0 Å². The van der Waals surface area contributed by atoms with E-state index in [0.29, 0.717) is 18.5 Å². The van der Waals surface area contributed by atoms with E-state index in [2.05, 4.69) is 0 Å². The third-order valence-electron chi connectivity index (χ3n) is 3.53. The monoisotopic (exact) mass is 372 g/mol. The predicted octanol–water partition coefficient (Wildman–Crippen LogP) is 2.58. The second-order valence-electron chi connectivity index (χ2n) is 5.31. The molecule has 0 unspecified atom stereocenters. The van der Waals surface area contributed by atoms with Crippen LogP contribution in [0.15, 0.2) is 54.6 Å². The van der Waals surface area contributed by atoms with E-state index in [4.69, 9.17) is 5.73 Å². The van der Waals surface area contributed by atoms with Gasteiger partial charge in [-0.15, -0.1) is 12.4 Å². The summed E-state index contributed by atoms with van der Waals surface area (Å²) in [7, 11) is -3.49. The van der Waals surface area contributed by atoms with Crippen molar-refractivity contribution in [3.8, 4) is 0 Å². The topological polar surface area (TPSA) is 63.4 Å². The van der Waals surface area contributed by atoms with Crippen LogP contribution in [0.2, 0.25) is 0 Å². The molecule has 0 aliphatic carbocycles. The van der Waals surface area contributed by atoms with E-state index < -0.39 is 10.0 Å². The summed E-state index contributed by atoms with van der Waals surface area (Å²) in [5.41, 5.74) is 7.19. The van der Waals surface area contributed by atoms with Crippen LogP contribution in [0.5, 0.6) is 0 Å². The van der Waals surface area contributed by atoms with E-state index in [1.165, 1.54) is 28.6 Å². The molecule has 2 rings (SSSR count). The fourth-order valence-electron chi connectivity index (χ4n) is 2.31. The quantitative estimate of drug-likeness (QED) is 0.774. The fraction of sp³-hybridized carbons (Fsp3) is 0.294. The Hall–Kier alpha value is -1.47. The first-order chi connectivity index (χ1) is 11.0. The molecule has 24 heavy (non-hydrogen) atoms. The van der Waals surface area contributed by atoms with E-state index in [1.807, 2.05) is 30.3 Å². The lowest BCUT2D eigenvalue weighted by Gasteiger charge is -2.21. The van der Waals surface area contributed by atoms with E-state index in [9.17, 15) is 12.8 Å². The molecule has 0 aromatic heterocycles. The summed E-state index contributed by atoms with van der Waals surface area (Å²) in [6.07, 6.45) is 0.628. The van der Waals surface area contributed by atoms with Crippen LogP contribution in [0.3, 0.4) is 0 Å². The highest BCUT2D eigenvalue weighted by molar-refractivity contribution is 7.88. The minimum absolute atomic E-state index is 0. The maximum absolute atomic E-state index is 12.9. The van der Waals surface area contributed by atoms with Gasteiger partial charge >= 0.3 is 0 Å². The first kappa shape index (κ1) is 20.6. The average Bonchev–Trinajstić information content (AvgIpc) is 2.54. The molecule has 0 amide bonds. The molecule has 0 aliphatic heterocycles. The van der Waals surface area contributed by atoms with Crippen LogP contribution in [0.25, 0.3) is 0 Å². The molecule has 0 aliphatic rings. The summed E-state index contributed by atoms with van der Waals surface area (Å²) in [4.78, 5) is 0. The molecule has 0 bridgehead atoms. The Morgan fingerprint density at radius 2 is 1.54 bits per heavy atom. The molecule has 0 radical (unpaired) electrons. The minimum Gasteiger partial charge on any atom is -0.329 e. The van der Waals surface area contributed by atoms with Gasteiger partial charge in [-0.2, -0.15) is 0 Å². The van der Waals surface area contributed by atoms with Crippen molar-refractivity contribution < 1.29 is 12.8 Å². The van der Waals surface area contributed by atoms with Gasteiger partial charge in [0.1, 0.15) is 5.82 Å². The summed E-state index contributed by atoms with van der Waals surface area (Å²) in [5.74, 6) is -0.531. The van der Waals surface area contributed by atoms with Crippen molar-refractivity contribution in [2.75, 3.05) is 19.6 Å². The Kier molecular flexibility index (Phi) is 8.35. The lowest BCUT2D eigenvalue weighted by molar-refractivity contribution is 0.421. The first-order valence-corrected chi connectivity index (χ1v) is 9.08. The predicted molar refractivity (Wildman–Crippen MR) is 97.0 cm³/mol. The molecular weight excluding hydrogens is 351 g/mol. The highest BCUT2D eigenvalue weighted by Crippen LogP contribution is 2.13. The highest BCUT2D eigenvalue weighted by atomic mass is 35.5. The van der Waals surface area contributed by atoms with Gasteiger partial charge in [-0.1, -0.05) is 42.5 Å². The van der Waals surface area contributed by atoms with Gasteiger partial charge < -0.3 is 5.73 Å². The van der Waals surface area contributed by atoms with E-state index >= 15 is 0 Å². The molecule has 2 aromatic rings. The average molecular weight is 373 g/mol. The third kappa shape index (κ3) is 6.20. The van der Waals surface area contributed by atoms with Crippen LogP contribution in [0, 0.1) is 5.82 Å². The van der Waals surface area contributed by atoms with Gasteiger partial charge in [0.15, 0.2) is 0 Å². The van der Waals surface area contributed by atoms with Crippen molar-refractivity contribution in [2.45, 2.75) is 12.2 Å². The number of nitrogens with two attached hydrogens (primary N) is 1. The van der Waals surface area contributed by atoms with Crippen molar-refractivity contribution >= 4 is 22.4 Å². The highest BCUT2D eigenvalue weighted by Gasteiger charge is 2.21. The summed E-state index contributed by atoms with van der Waals surface area (Å²) in [6.45, 7) is 0.915. The second-order valence-corrected chi connectivity index (χ2v) is 7.27. The molecule has 0 atom stereocenters. The van der Waals surface area contributed by atoms with Gasteiger partial charge in [-0.05, 0) is 29.7 Å². The molecule has 7 heteroatoms. The summed E-state index contributed by atoms with van der Waals surface area (Å²) in [5, 5.41) is 0. The van der Waals surface area contributed by atoms with Crippen molar-refractivity contribution in [3.05, 3.63) is 71.5 Å². The van der Waals surface area contributed by atoms with Gasteiger partial charge in [-0.25, -0.2) is 17.1 Å². The number of halogens is 2. The van der Waals surface area contributed by atoms with Crippen LogP contribution in [-0.2, 0) is 22.2 Å². The number of nitrogens with zero attached hydrogens (tertiary/aromatic N) is 1. The zero-order valence-corrected chi connectivity index (χ0v) is 14.9. The Bertz CT molecular complexity index is 709. The van der Waals surface area contributed by atoms with E-state index in [0.717, 1.165) is 5.56 Å². The molecule has 0 saturated heterocycles. The Morgan fingerprint density at radius 3 is 2.12 bits per heavy atom. The number of benzene rings is 2. The number of hydrogen-bond donors (Lipinski definition) is 1. The first-order valence-electron chi connectivity index (χ1n) is 7.47. The molecule has 2 N–H and O–H groups in total.